The summed E-state index contributed by atoms with van der Waals surface area (Å²) >= 11 is 5.99. The number of alkyl halides is 1. The van der Waals surface area contributed by atoms with Crippen LogP contribution in [-0.4, -0.2) is 46.3 Å². The van der Waals surface area contributed by atoms with Crippen LogP contribution < -0.4 is 4.90 Å². The highest BCUT2D eigenvalue weighted by atomic mass is 35.5. The molecule has 0 radical (unpaired) electrons. The van der Waals surface area contributed by atoms with Crippen molar-refractivity contribution >= 4 is 23.3 Å². The molecule has 0 saturated carbocycles. The number of amides is 1. The molecule has 3 rings (SSSR count). The second-order valence-corrected chi connectivity index (χ2v) is 6.96. The summed E-state index contributed by atoms with van der Waals surface area (Å²) in [6.07, 6.45) is 0.720. The van der Waals surface area contributed by atoms with Gasteiger partial charge in [-0.15, -0.1) is 11.6 Å². The Morgan fingerprint density at radius 3 is 2.68 bits per heavy atom. The summed E-state index contributed by atoms with van der Waals surface area (Å²) in [5.74, 6) is 1.59. The summed E-state index contributed by atoms with van der Waals surface area (Å²) in [5, 5.41) is -0.515. The van der Waals surface area contributed by atoms with Crippen LogP contribution in [0.2, 0.25) is 0 Å². The van der Waals surface area contributed by atoms with Crippen molar-refractivity contribution in [2.45, 2.75) is 32.2 Å². The van der Waals surface area contributed by atoms with Gasteiger partial charge in [-0.1, -0.05) is 30.3 Å². The van der Waals surface area contributed by atoms with Crippen molar-refractivity contribution in [1.29, 1.82) is 0 Å². The zero-order valence-electron chi connectivity index (χ0n) is 14.9. The molecule has 0 bridgehead atoms. The molecule has 1 aromatic heterocycles. The van der Waals surface area contributed by atoms with Gasteiger partial charge in [0.2, 0.25) is 5.91 Å². The molecule has 1 aliphatic heterocycles. The maximum absolute atomic E-state index is 12.3. The van der Waals surface area contributed by atoms with E-state index < -0.39 is 5.38 Å². The maximum Gasteiger partial charge on any atom is 0.240 e. The summed E-state index contributed by atoms with van der Waals surface area (Å²) in [6, 6.07) is 10.0. The number of hydrogen-bond donors (Lipinski definition) is 0. The molecular formula is C19H23ClN4O. The molecule has 0 fully saturated rings. The molecule has 132 valence electrons. The molecule has 0 saturated heterocycles. The molecule has 0 N–H and O–H groups in total. The number of fused-ring (bicyclic) bond motifs is 1. The number of benzene rings is 1. The molecule has 1 amide bonds. The van der Waals surface area contributed by atoms with Crippen LogP contribution in [-0.2, 0) is 17.8 Å². The van der Waals surface area contributed by atoms with E-state index in [0.717, 1.165) is 41.4 Å². The Morgan fingerprint density at radius 1 is 1.32 bits per heavy atom. The van der Waals surface area contributed by atoms with E-state index in [2.05, 4.69) is 11.8 Å². The van der Waals surface area contributed by atoms with Crippen molar-refractivity contribution in [2.24, 2.45) is 0 Å². The van der Waals surface area contributed by atoms with Gasteiger partial charge in [-0.3, -0.25) is 4.79 Å². The molecule has 2 heterocycles. The fourth-order valence-electron chi connectivity index (χ4n) is 3.02. The van der Waals surface area contributed by atoms with Crippen molar-refractivity contribution in [3.8, 4) is 11.4 Å². The number of halogens is 1. The van der Waals surface area contributed by atoms with Crippen LogP contribution in [0.1, 0.15) is 25.1 Å². The first-order valence-electron chi connectivity index (χ1n) is 8.60. The third kappa shape index (κ3) is 3.61. The van der Waals surface area contributed by atoms with Gasteiger partial charge < -0.3 is 9.80 Å². The van der Waals surface area contributed by atoms with Gasteiger partial charge in [-0.2, -0.15) is 0 Å². The van der Waals surface area contributed by atoms with Gasteiger partial charge in [0.25, 0.3) is 0 Å². The van der Waals surface area contributed by atoms with E-state index in [1.807, 2.05) is 37.4 Å². The van der Waals surface area contributed by atoms with Gasteiger partial charge in [0, 0.05) is 37.7 Å². The van der Waals surface area contributed by atoms with Gasteiger partial charge in [-0.25, -0.2) is 9.97 Å². The van der Waals surface area contributed by atoms with Crippen LogP contribution in [0.25, 0.3) is 11.4 Å². The predicted octanol–water partition coefficient (Wildman–Crippen LogP) is 3.11. The third-order valence-corrected chi connectivity index (χ3v) is 4.74. The minimum atomic E-state index is -0.515. The van der Waals surface area contributed by atoms with Crippen molar-refractivity contribution in [3.05, 3.63) is 41.6 Å². The first-order valence-corrected chi connectivity index (χ1v) is 9.04. The minimum Gasteiger partial charge on any atom is -0.360 e. The van der Waals surface area contributed by atoms with E-state index in [0.29, 0.717) is 13.1 Å². The lowest BCUT2D eigenvalue weighted by atomic mass is 10.0. The number of aromatic nitrogens is 2. The van der Waals surface area contributed by atoms with E-state index in [-0.39, 0.29) is 5.91 Å². The van der Waals surface area contributed by atoms with Gasteiger partial charge >= 0.3 is 0 Å². The Balaban J connectivity index is 2.04. The minimum absolute atomic E-state index is 0.0374. The number of carbonyl (C=O) groups excluding carboxylic acids is 1. The lowest BCUT2D eigenvalue weighted by Gasteiger charge is -2.32. The normalized spacial score (nSPS) is 14.8. The summed E-state index contributed by atoms with van der Waals surface area (Å²) in [6.45, 7) is 5.79. The summed E-state index contributed by atoms with van der Waals surface area (Å²) in [5.41, 5.74) is 3.06. The van der Waals surface area contributed by atoms with Crippen molar-refractivity contribution in [2.75, 3.05) is 25.0 Å². The van der Waals surface area contributed by atoms with Crippen LogP contribution in [0.3, 0.4) is 0 Å². The van der Waals surface area contributed by atoms with Crippen LogP contribution in [0.4, 0.5) is 5.82 Å². The maximum atomic E-state index is 12.3. The van der Waals surface area contributed by atoms with E-state index in [1.165, 1.54) is 0 Å². The van der Waals surface area contributed by atoms with E-state index >= 15 is 0 Å². The molecule has 0 spiro atoms. The summed E-state index contributed by atoms with van der Waals surface area (Å²) in [4.78, 5) is 25.8. The Bertz CT molecular complexity index is 764. The SMILES string of the molecule is CCN(C)c1nc(-c2ccccc2)nc2c1CN(C(=O)[C@H](C)Cl)CC2. The molecule has 2 aromatic rings. The lowest BCUT2D eigenvalue weighted by molar-refractivity contribution is -0.131. The van der Waals surface area contributed by atoms with Crippen molar-refractivity contribution in [1.82, 2.24) is 14.9 Å². The van der Waals surface area contributed by atoms with E-state index in [9.17, 15) is 4.79 Å². The average Bonchev–Trinajstić information content (AvgIpc) is 2.66. The zero-order chi connectivity index (χ0) is 18.0. The highest BCUT2D eigenvalue weighted by molar-refractivity contribution is 6.30. The molecule has 0 aliphatic carbocycles. The number of carbonyl (C=O) groups is 1. The van der Waals surface area contributed by atoms with Gasteiger partial charge in [0.15, 0.2) is 5.82 Å². The monoisotopic (exact) mass is 358 g/mol. The Labute approximate surface area is 153 Å². The molecule has 1 atom stereocenters. The zero-order valence-corrected chi connectivity index (χ0v) is 15.6. The number of anilines is 1. The molecule has 0 unspecified atom stereocenters. The van der Waals surface area contributed by atoms with Crippen molar-refractivity contribution in [3.63, 3.8) is 0 Å². The average molecular weight is 359 g/mol. The Hall–Kier alpha value is -2.14. The molecule has 6 heteroatoms. The smallest absolute Gasteiger partial charge is 0.240 e. The highest BCUT2D eigenvalue weighted by Gasteiger charge is 2.28. The predicted molar refractivity (Wildman–Crippen MR) is 101 cm³/mol. The molecule has 1 aliphatic rings. The molecule has 5 nitrogen and oxygen atoms in total. The van der Waals surface area contributed by atoms with E-state index in [1.54, 1.807) is 11.8 Å². The molecular weight excluding hydrogens is 336 g/mol. The summed E-state index contributed by atoms with van der Waals surface area (Å²) < 4.78 is 0. The number of rotatable bonds is 4. The first kappa shape index (κ1) is 17.7. The summed E-state index contributed by atoms with van der Waals surface area (Å²) in [7, 11) is 2.02. The van der Waals surface area contributed by atoms with Crippen LogP contribution in [0.5, 0.6) is 0 Å². The second-order valence-electron chi connectivity index (χ2n) is 6.30. The third-order valence-electron chi connectivity index (χ3n) is 4.56. The van der Waals surface area contributed by atoms with E-state index in [4.69, 9.17) is 21.6 Å². The van der Waals surface area contributed by atoms with Crippen LogP contribution in [0, 0.1) is 0 Å². The standard InChI is InChI=1S/C19H23ClN4O/c1-4-23(3)18-15-12-24(19(25)13(2)20)11-10-16(15)21-17(22-18)14-8-6-5-7-9-14/h5-9,13H,4,10-12H2,1-3H3/t13-/m0/s1. The lowest BCUT2D eigenvalue weighted by Crippen LogP contribution is -2.40. The fourth-order valence-corrected chi connectivity index (χ4v) is 3.16. The van der Waals surface area contributed by atoms with Crippen LogP contribution in [0.15, 0.2) is 30.3 Å². The molecule has 25 heavy (non-hydrogen) atoms. The highest BCUT2D eigenvalue weighted by Crippen LogP contribution is 2.29. The van der Waals surface area contributed by atoms with Gasteiger partial charge in [0.1, 0.15) is 11.2 Å². The van der Waals surface area contributed by atoms with Gasteiger partial charge in [-0.05, 0) is 13.8 Å². The largest absolute Gasteiger partial charge is 0.360 e. The fraction of sp³-hybridized carbons (Fsp3) is 0.421. The molecule has 1 aromatic carbocycles. The second kappa shape index (κ2) is 7.40. The number of hydrogen-bond acceptors (Lipinski definition) is 4. The van der Waals surface area contributed by atoms with Gasteiger partial charge in [0.05, 0.1) is 12.2 Å². The quantitative estimate of drug-likeness (QED) is 0.788. The Morgan fingerprint density at radius 2 is 2.04 bits per heavy atom. The Kier molecular flexibility index (Phi) is 5.23. The van der Waals surface area contributed by atoms with Crippen LogP contribution >= 0.6 is 11.6 Å². The topological polar surface area (TPSA) is 49.3 Å². The van der Waals surface area contributed by atoms with Crippen molar-refractivity contribution < 1.29 is 4.79 Å². The first-order chi connectivity index (χ1) is 12.0. The number of nitrogens with zero attached hydrogens (tertiary/aromatic N) is 4.